The number of nitrogens with one attached hydrogen (secondary N) is 1. The monoisotopic (exact) mass is 260 g/mol. The average molecular weight is 260 g/mol. The highest BCUT2D eigenvalue weighted by Crippen LogP contribution is 2.19. The first kappa shape index (κ1) is 12.3. The van der Waals surface area contributed by atoms with E-state index in [1.807, 2.05) is 10.9 Å². The third kappa shape index (κ3) is 2.28. The van der Waals surface area contributed by atoms with Gasteiger partial charge in [-0.1, -0.05) is 0 Å². The maximum atomic E-state index is 4.31. The van der Waals surface area contributed by atoms with Gasteiger partial charge in [0.25, 0.3) is 0 Å². The second-order valence-electron chi connectivity index (χ2n) is 4.97. The van der Waals surface area contributed by atoms with Gasteiger partial charge in [0.05, 0.1) is 11.7 Å². The third-order valence-corrected chi connectivity index (χ3v) is 3.72. The molecule has 1 atom stereocenters. The minimum absolute atomic E-state index is 0.208. The number of hydrogen-bond donors (Lipinski definition) is 1. The molecule has 2 aromatic heterocycles. The van der Waals surface area contributed by atoms with E-state index in [-0.39, 0.29) is 6.04 Å². The molecule has 6 heteroatoms. The Balaban J connectivity index is 1.67. The molecular formula is C13H20N6. The highest BCUT2D eigenvalue weighted by molar-refractivity contribution is 5.05. The Labute approximate surface area is 112 Å². The summed E-state index contributed by atoms with van der Waals surface area (Å²) < 4.78 is 4.25. The molecule has 1 aliphatic heterocycles. The Morgan fingerprint density at radius 3 is 3.16 bits per heavy atom. The van der Waals surface area contributed by atoms with Crippen molar-refractivity contribution in [1.82, 2.24) is 29.9 Å². The van der Waals surface area contributed by atoms with Crippen LogP contribution in [0.4, 0.5) is 0 Å². The van der Waals surface area contributed by atoms with E-state index in [2.05, 4.69) is 45.1 Å². The highest BCUT2D eigenvalue weighted by atomic mass is 15.3. The summed E-state index contributed by atoms with van der Waals surface area (Å²) in [4.78, 5) is 0. The van der Waals surface area contributed by atoms with Gasteiger partial charge in [-0.15, -0.1) is 10.2 Å². The zero-order chi connectivity index (χ0) is 13.2. The van der Waals surface area contributed by atoms with E-state index in [9.17, 15) is 0 Å². The molecule has 0 aliphatic carbocycles. The summed E-state index contributed by atoms with van der Waals surface area (Å²) >= 11 is 0. The van der Waals surface area contributed by atoms with Crippen LogP contribution < -0.4 is 5.32 Å². The first-order valence-corrected chi connectivity index (χ1v) is 6.95. The van der Waals surface area contributed by atoms with Crippen molar-refractivity contribution in [2.24, 2.45) is 0 Å². The average Bonchev–Trinajstić information content (AvgIpc) is 3.11. The van der Waals surface area contributed by atoms with Crippen molar-refractivity contribution in [2.75, 3.05) is 0 Å². The quantitative estimate of drug-likeness (QED) is 0.880. The number of fused-ring (bicyclic) bond motifs is 1. The molecule has 19 heavy (non-hydrogen) atoms. The summed E-state index contributed by atoms with van der Waals surface area (Å²) in [7, 11) is 0. The highest BCUT2D eigenvalue weighted by Gasteiger charge is 2.21. The van der Waals surface area contributed by atoms with Gasteiger partial charge in [-0.3, -0.25) is 4.68 Å². The largest absolute Gasteiger partial charge is 0.314 e. The van der Waals surface area contributed by atoms with E-state index in [1.165, 1.54) is 12.1 Å². The topological polar surface area (TPSA) is 60.6 Å². The molecule has 0 radical (unpaired) electrons. The molecular weight excluding hydrogens is 240 g/mol. The van der Waals surface area contributed by atoms with Gasteiger partial charge >= 0.3 is 0 Å². The second-order valence-corrected chi connectivity index (χ2v) is 4.97. The fourth-order valence-electron chi connectivity index (χ4n) is 2.64. The van der Waals surface area contributed by atoms with Crippen LogP contribution in [0, 0.1) is 0 Å². The lowest BCUT2D eigenvalue weighted by Crippen LogP contribution is -2.23. The molecule has 3 heterocycles. The zero-order valence-electron chi connectivity index (χ0n) is 11.5. The van der Waals surface area contributed by atoms with Gasteiger partial charge in [0.1, 0.15) is 11.6 Å². The summed E-state index contributed by atoms with van der Waals surface area (Å²) in [6, 6.07) is 2.26. The van der Waals surface area contributed by atoms with Gasteiger partial charge in [-0.25, -0.2) is 0 Å². The Morgan fingerprint density at radius 1 is 1.42 bits per heavy atom. The normalized spacial score (nSPS) is 15.7. The molecule has 0 saturated heterocycles. The van der Waals surface area contributed by atoms with Gasteiger partial charge in [0.2, 0.25) is 0 Å². The lowest BCUT2D eigenvalue weighted by Gasteiger charge is -2.14. The van der Waals surface area contributed by atoms with E-state index < -0.39 is 0 Å². The first-order chi connectivity index (χ1) is 9.29. The van der Waals surface area contributed by atoms with E-state index >= 15 is 0 Å². The molecule has 6 nitrogen and oxygen atoms in total. The van der Waals surface area contributed by atoms with Crippen molar-refractivity contribution in [3.8, 4) is 0 Å². The van der Waals surface area contributed by atoms with Crippen molar-refractivity contribution < 1.29 is 0 Å². The molecule has 0 amide bonds. The van der Waals surface area contributed by atoms with Gasteiger partial charge in [0.15, 0.2) is 0 Å². The minimum atomic E-state index is 0.208. The number of rotatable bonds is 5. The Bertz CT molecular complexity index is 555. The Morgan fingerprint density at radius 2 is 2.32 bits per heavy atom. The molecule has 1 N–H and O–H groups in total. The van der Waals surface area contributed by atoms with Crippen LogP contribution in [0.3, 0.4) is 0 Å². The van der Waals surface area contributed by atoms with Gasteiger partial charge < -0.3 is 9.88 Å². The van der Waals surface area contributed by atoms with Crippen LogP contribution in [-0.2, 0) is 26.1 Å². The van der Waals surface area contributed by atoms with Crippen LogP contribution in [0.1, 0.15) is 43.7 Å². The Kier molecular flexibility index (Phi) is 3.33. The minimum Gasteiger partial charge on any atom is -0.314 e. The van der Waals surface area contributed by atoms with E-state index in [0.29, 0.717) is 0 Å². The van der Waals surface area contributed by atoms with E-state index in [0.717, 1.165) is 37.7 Å². The zero-order valence-corrected chi connectivity index (χ0v) is 11.5. The van der Waals surface area contributed by atoms with Gasteiger partial charge in [0, 0.05) is 32.3 Å². The molecule has 0 aromatic carbocycles. The molecule has 0 saturated carbocycles. The molecule has 2 aromatic rings. The standard InChI is InChI=1S/C13H20N6/c1-3-19-11(6-7-15-19)9-14-10(2)13-17-16-12-5-4-8-18(12)13/h6-7,10,14H,3-5,8-9H2,1-2H3. The third-order valence-electron chi connectivity index (χ3n) is 3.72. The fourth-order valence-corrected chi connectivity index (χ4v) is 2.64. The molecule has 1 aliphatic rings. The summed E-state index contributed by atoms with van der Waals surface area (Å²) in [5.74, 6) is 2.18. The van der Waals surface area contributed by atoms with E-state index in [4.69, 9.17) is 0 Å². The predicted molar refractivity (Wildman–Crippen MR) is 71.5 cm³/mol. The van der Waals surface area contributed by atoms with Crippen molar-refractivity contribution in [3.63, 3.8) is 0 Å². The molecule has 102 valence electrons. The van der Waals surface area contributed by atoms with Crippen molar-refractivity contribution >= 4 is 0 Å². The van der Waals surface area contributed by atoms with Crippen molar-refractivity contribution in [3.05, 3.63) is 29.6 Å². The second kappa shape index (κ2) is 5.13. The summed E-state index contributed by atoms with van der Waals surface area (Å²) in [5.41, 5.74) is 1.20. The number of hydrogen-bond acceptors (Lipinski definition) is 4. The predicted octanol–water partition coefficient (Wildman–Crippen LogP) is 1.29. The molecule has 0 spiro atoms. The Hall–Kier alpha value is -1.69. The van der Waals surface area contributed by atoms with Gasteiger partial charge in [-0.2, -0.15) is 5.10 Å². The molecule has 1 unspecified atom stereocenters. The van der Waals surface area contributed by atoms with Crippen molar-refractivity contribution in [2.45, 2.75) is 52.4 Å². The SMILES string of the molecule is CCn1nccc1CNC(C)c1nnc2n1CCC2. The number of aryl methyl sites for hydroxylation is 2. The maximum absolute atomic E-state index is 4.31. The van der Waals surface area contributed by atoms with Crippen LogP contribution in [0.15, 0.2) is 12.3 Å². The number of nitrogens with zero attached hydrogens (tertiary/aromatic N) is 5. The van der Waals surface area contributed by atoms with E-state index in [1.54, 1.807) is 0 Å². The van der Waals surface area contributed by atoms with Gasteiger partial charge in [-0.05, 0) is 26.3 Å². The molecule has 0 bridgehead atoms. The van der Waals surface area contributed by atoms with Crippen LogP contribution in [0.5, 0.6) is 0 Å². The van der Waals surface area contributed by atoms with Crippen LogP contribution >= 0.6 is 0 Å². The maximum Gasteiger partial charge on any atom is 0.149 e. The summed E-state index contributed by atoms with van der Waals surface area (Å²) in [5, 5.41) is 16.3. The summed E-state index contributed by atoms with van der Waals surface area (Å²) in [6.07, 6.45) is 4.09. The smallest absolute Gasteiger partial charge is 0.149 e. The van der Waals surface area contributed by atoms with Crippen molar-refractivity contribution in [1.29, 1.82) is 0 Å². The lowest BCUT2D eigenvalue weighted by atomic mass is 10.3. The van der Waals surface area contributed by atoms with Crippen LogP contribution in [0.2, 0.25) is 0 Å². The lowest BCUT2D eigenvalue weighted by molar-refractivity contribution is 0.494. The van der Waals surface area contributed by atoms with Crippen LogP contribution in [-0.4, -0.2) is 24.5 Å². The molecule has 0 fully saturated rings. The van der Waals surface area contributed by atoms with Crippen LogP contribution in [0.25, 0.3) is 0 Å². The summed E-state index contributed by atoms with van der Waals surface area (Å²) in [6.45, 7) is 7.00. The fraction of sp³-hybridized carbons (Fsp3) is 0.615. The first-order valence-electron chi connectivity index (χ1n) is 6.95. The number of aromatic nitrogens is 5. The molecule has 3 rings (SSSR count).